The largest absolute Gasteiger partial charge is 0.476 e. The number of hydrogen-bond donors (Lipinski definition) is 1. The maximum atomic E-state index is 10.8. The zero-order valence-corrected chi connectivity index (χ0v) is 9.98. The number of carboxylic acids is 1. The molecule has 0 aliphatic heterocycles. The van der Waals surface area contributed by atoms with E-state index in [0.29, 0.717) is 10.0 Å². The second kappa shape index (κ2) is 4.73. The third kappa shape index (κ3) is 2.57. The SMILES string of the molecule is O=C(O)c1cnnn1Cc1ccc(Cl)c(Cl)c1. The minimum atomic E-state index is -1.07. The van der Waals surface area contributed by atoms with Crippen LogP contribution in [0.2, 0.25) is 10.0 Å². The Kier molecular flexibility index (Phi) is 3.31. The Bertz CT molecular complexity index is 568. The van der Waals surface area contributed by atoms with E-state index in [-0.39, 0.29) is 12.2 Å². The van der Waals surface area contributed by atoms with Crippen LogP contribution in [0.5, 0.6) is 0 Å². The van der Waals surface area contributed by atoms with Crippen LogP contribution >= 0.6 is 23.2 Å². The predicted octanol–water partition coefficient (Wildman–Crippen LogP) is 2.33. The average Bonchev–Trinajstić information content (AvgIpc) is 2.72. The summed E-state index contributed by atoms with van der Waals surface area (Å²) in [5.74, 6) is -1.07. The molecule has 0 radical (unpaired) electrons. The average molecular weight is 272 g/mol. The van der Waals surface area contributed by atoms with E-state index in [4.69, 9.17) is 28.3 Å². The number of benzene rings is 1. The summed E-state index contributed by atoms with van der Waals surface area (Å²) in [6, 6.07) is 5.06. The molecule has 5 nitrogen and oxygen atoms in total. The van der Waals surface area contributed by atoms with Crippen LogP contribution in [0.15, 0.2) is 24.4 Å². The first kappa shape index (κ1) is 11.9. The molecule has 0 aliphatic rings. The van der Waals surface area contributed by atoms with Crippen molar-refractivity contribution in [3.05, 3.63) is 45.7 Å². The van der Waals surface area contributed by atoms with E-state index >= 15 is 0 Å². The Hall–Kier alpha value is -1.59. The summed E-state index contributed by atoms with van der Waals surface area (Å²) >= 11 is 11.6. The normalized spacial score (nSPS) is 10.5. The van der Waals surface area contributed by atoms with Crippen molar-refractivity contribution >= 4 is 29.2 Å². The molecule has 17 heavy (non-hydrogen) atoms. The van der Waals surface area contributed by atoms with Crippen LogP contribution in [0.4, 0.5) is 0 Å². The van der Waals surface area contributed by atoms with E-state index in [0.717, 1.165) is 5.56 Å². The molecule has 88 valence electrons. The van der Waals surface area contributed by atoms with Crippen LogP contribution in [0.25, 0.3) is 0 Å². The standard InChI is InChI=1S/C10H7Cl2N3O2/c11-7-2-1-6(3-8(7)12)5-15-9(10(16)17)4-13-14-15/h1-4H,5H2,(H,16,17). The summed E-state index contributed by atoms with van der Waals surface area (Å²) in [7, 11) is 0. The van der Waals surface area contributed by atoms with Crippen molar-refractivity contribution in [2.24, 2.45) is 0 Å². The summed E-state index contributed by atoms with van der Waals surface area (Å²) in [5, 5.41) is 17.0. The lowest BCUT2D eigenvalue weighted by atomic mass is 10.2. The highest BCUT2D eigenvalue weighted by Gasteiger charge is 2.11. The molecule has 2 rings (SSSR count). The fourth-order valence-electron chi connectivity index (χ4n) is 1.35. The lowest BCUT2D eigenvalue weighted by Crippen LogP contribution is -2.10. The monoisotopic (exact) mass is 271 g/mol. The van der Waals surface area contributed by atoms with Gasteiger partial charge in [0, 0.05) is 0 Å². The Labute approximate surface area is 107 Å². The summed E-state index contributed by atoms with van der Waals surface area (Å²) in [5.41, 5.74) is 0.823. The van der Waals surface area contributed by atoms with Crippen LogP contribution in [0.3, 0.4) is 0 Å². The van der Waals surface area contributed by atoms with Gasteiger partial charge in [-0.1, -0.05) is 34.5 Å². The smallest absolute Gasteiger partial charge is 0.355 e. The van der Waals surface area contributed by atoms with Gasteiger partial charge in [-0.05, 0) is 17.7 Å². The molecule has 1 aromatic heterocycles. The van der Waals surface area contributed by atoms with E-state index in [1.165, 1.54) is 10.9 Å². The predicted molar refractivity (Wildman–Crippen MR) is 62.5 cm³/mol. The minimum Gasteiger partial charge on any atom is -0.476 e. The van der Waals surface area contributed by atoms with Crippen LogP contribution in [0, 0.1) is 0 Å². The lowest BCUT2D eigenvalue weighted by molar-refractivity contribution is 0.0684. The van der Waals surface area contributed by atoms with Gasteiger partial charge < -0.3 is 5.11 Å². The van der Waals surface area contributed by atoms with Gasteiger partial charge in [0.2, 0.25) is 0 Å². The fourth-order valence-corrected chi connectivity index (χ4v) is 1.67. The van der Waals surface area contributed by atoms with Crippen molar-refractivity contribution < 1.29 is 9.90 Å². The molecule has 7 heteroatoms. The van der Waals surface area contributed by atoms with Crippen LogP contribution in [-0.4, -0.2) is 26.1 Å². The van der Waals surface area contributed by atoms with Crippen LogP contribution in [-0.2, 0) is 6.54 Å². The number of aromatic nitrogens is 3. The third-order valence-electron chi connectivity index (χ3n) is 2.15. The summed E-state index contributed by atoms with van der Waals surface area (Å²) in [6.07, 6.45) is 1.19. The molecular formula is C10H7Cl2N3O2. The van der Waals surface area contributed by atoms with Crippen molar-refractivity contribution in [3.63, 3.8) is 0 Å². The maximum absolute atomic E-state index is 10.8. The Morgan fingerprint density at radius 3 is 2.76 bits per heavy atom. The van der Waals surface area contributed by atoms with Gasteiger partial charge in [-0.2, -0.15) is 0 Å². The van der Waals surface area contributed by atoms with Crippen molar-refractivity contribution in [2.75, 3.05) is 0 Å². The topological polar surface area (TPSA) is 68.0 Å². The molecule has 0 unspecified atom stereocenters. The van der Waals surface area contributed by atoms with Crippen molar-refractivity contribution in [1.29, 1.82) is 0 Å². The van der Waals surface area contributed by atoms with Gasteiger partial charge in [0.25, 0.3) is 0 Å². The molecule has 0 spiro atoms. The van der Waals surface area contributed by atoms with Gasteiger partial charge in [-0.25, -0.2) is 9.48 Å². The first-order valence-corrected chi connectivity index (χ1v) is 5.39. The van der Waals surface area contributed by atoms with Crippen molar-refractivity contribution in [3.8, 4) is 0 Å². The number of rotatable bonds is 3. The molecule has 0 fully saturated rings. The van der Waals surface area contributed by atoms with Gasteiger partial charge in [0.05, 0.1) is 22.8 Å². The Balaban J connectivity index is 2.28. The number of halogens is 2. The quantitative estimate of drug-likeness (QED) is 0.931. The molecule has 0 amide bonds. The highest BCUT2D eigenvalue weighted by atomic mass is 35.5. The molecule has 0 atom stereocenters. The lowest BCUT2D eigenvalue weighted by Gasteiger charge is -2.04. The molecule has 0 aliphatic carbocycles. The van der Waals surface area contributed by atoms with Gasteiger partial charge in [0.15, 0.2) is 5.69 Å². The van der Waals surface area contributed by atoms with E-state index in [1.807, 2.05) is 0 Å². The highest BCUT2D eigenvalue weighted by molar-refractivity contribution is 6.42. The minimum absolute atomic E-state index is 0.0241. The molecule has 2 aromatic rings. The number of hydrogen-bond acceptors (Lipinski definition) is 3. The van der Waals surface area contributed by atoms with E-state index in [9.17, 15) is 4.79 Å². The first-order chi connectivity index (χ1) is 8.08. The molecule has 0 bridgehead atoms. The van der Waals surface area contributed by atoms with Gasteiger partial charge >= 0.3 is 5.97 Å². The van der Waals surface area contributed by atoms with Crippen LogP contribution < -0.4 is 0 Å². The fraction of sp³-hybridized carbons (Fsp3) is 0.100. The molecule has 1 N–H and O–H groups in total. The van der Waals surface area contributed by atoms with Crippen molar-refractivity contribution in [1.82, 2.24) is 15.0 Å². The Morgan fingerprint density at radius 2 is 2.12 bits per heavy atom. The van der Waals surface area contributed by atoms with Crippen molar-refractivity contribution in [2.45, 2.75) is 6.54 Å². The van der Waals surface area contributed by atoms with Crippen LogP contribution in [0.1, 0.15) is 16.1 Å². The second-order valence-corrected chi connectivity index (χ2v) is 4.14. The molecule has 1 aromatic carbocycles. The summed E-state index contributed by atoms with van der Waals surface area (Å²) in [6.45, 7) is 0.276. The number of nitrogens with zero attached hydrogens (tertiary/aromatic N) is 3. The zero-order chi connectivity index (χ0) is 12.4. The van der Waals surface area contributed by atoms with E-state index in [2.05, 4.69) is 10.3 Å². The second-order valence-electron chi connectivity index (χ2n) is 3.33. The highest BCUT2D eigenvalue weighted by Crippen LogP contribution is 2.23. The van der Waals surface area contributed by atoms with Gasteiger partial charge in [0.1, 0.15) is 0 Å². The number of aromatic carboxylic acids is 1. The third-order valence-corrected chi connectivity index (χ3v) is 2.89. The van der Waals surface area contributed by atoms with E-state index < -0.39 is 5.97 Å². The summed E-state index contributed by atoms with van der Waals surface area (Å²) in [4.78, 5) is 10.8. The maximum Gasteiger partial charge on any atom is 0.355 e. The molecule has 0 saturated carbocycles. The zero-order valence-electron chi connectivity index (χ0n) is 8.47. The van der Waals surface area contributed by atoms with E-state index in [1.54, 1.807) is 18.2 Å². The summed E-state index contributed by atoms with van der Waals surface area (Å²) < 4.78 is 1.28. The molecular weight excluding hydrogens is 265 g/mol. The molecule has 0 saturated heterocycles. The molecule has 1 heterocycles. The number of carbonyl (C=O) groups is 1. The van der Waals surface area contributed by atoms with Gasteiger partial charge in [-0.3, -0.25) is 0 Å². The van der Waals surface area contributed by atoms with Gasteiger partial charge in [-0.15, -0.1) is 5.10 Å². The first-order valence-electron chi connectivity index (χ1n) is 4.63. The number of carboxylic acid groups (broad SMARTS) is 1. The Morgan fingerprint density at radius 1 is 1.35 bits per heavy atom.